The van der Waals surface area contributed by atoms with E-state index >= 15 is 0 Å². The monoisotopic (exact) mass is 372 g/mol. The van der Waals surface area contributed by atoms with E-state index < -0.39 is 0 Å². The SMILES string of the molecule is Cc1csc(-c2ccc(C(=O)N[C@H](C)c3ccc4ccccc4c3)cn2)c1. The average Bonchev–Trinajstić information content (AvgIpc) is 3.14. The summed E-state index contributed by atoms with van der Waals surface area (Å²) in [4.78, 5) is 18.2. The highest BCUT2D eigenvalue weighted by molar-refractivity contribution is 7.13. The van der Waals surface area contributed by atoms with Gasteiger partial charge in [0.25, 0.3) is 5.91 Å². The zero-order valence-corrected chi connectivity index (χ0v) is 16.1. The predicted octanol–water partition coefficient (Wildman–Crippen LogP) is 5.76. The second-order valence-corrected chi connectivity index (χ2v) is 7.63. The van der Waals surface area contributed by atoms with Crippen LogP contribution >= 0.6 is 11.3 Å². The number of carbonyl (C=O) groups is 1. The highest BCUT2D eigenvalue weighted by atomic mass is 32.1. The summed E-state index contributed by atoms with van der Waals surface area (Å²) in [6, 6.07) is 20.3. The lowest BCUT2D eigenvalue weighted by Crippen LogP contribution is -2.26. The molecule has 0 saturated heterocycles. The minimum Gasteiger partial charge on any atom is -0.345 e. The Morgan fingerprint density at radius 1 is 1.04 bits per heavy atom. The molecule has 0 unspecified atom stereocenters. The van der Waals surface area contributed by atoms with E-state index in [1.54, 1.807) is 17.5 Å². The number of rotatable bonds is 4. The van der Waals surface area contributed by atoms with Crippen LogP contribution in [0.5, 0.6) is 0 Å². The fourth-order valence-corrected chi connectivity index (χ4v) is 3.96. The molecule has 0 aliphatic carbocycles. The lowest BCUT2D eigenvalue weighted by Gasteiger charge is -2.15. The number of aryl methyl sites for hydroxylation is 1. The van der Waals surface area contributed by atoms with Gasteiger partial charge in [-0.2, -0.15) is 0 Å². The Balaban J connectivity index is 1.49. The van der Waals surface area contributed by atoms with Crippen LogP contribution in [0, 0.1) is 6.92 Å². The molecule has 1 amide bonds. The van der Waals surface area contributed by atoms with Crippen LogP contribution < -0.4 is 5.32 Å². The number of nitrogens with zero attached hydrogens (tertiary/aromatic N) is 1. The minimum atomic E-state index is -0.114. The van der Waals surface area contributed by atoms with Crippen molar-refractivity contribution in [1.29, 1.82) is 0 Å². The number of carbonyl (C=O) groups excluding carboxylic acids is 1. The van der Waals surface area contributed by atoms with E-state index in [2.05, 4.69) is 59.0 Å². The van der Waals surface area contributed by atoms with Gasteiger partial charge in [-0.05, 0) is 65.4 Å². The van der Waals surface area contributed by atoms with Gasteiger partial charge in [-0.15, -0.1) is 11.3 Å². The molecule has 1 N–H and O–H groups in total. The van der Waals surface area contributed by atoms with Gasteiger partial charge in [-0.3, -0.25) is 9.78 Å². The van der Waals surface area contributed by atoms with Crippen LogP contribution in [0.15, 0.2) is 72.2 Å². The molecule has 0 fully saturated rings. The van der Waals surface area contributed by atoms with Gasteiger partial charge < -0.3 is 5.32 Å². The summed E-state index contributed by atoms with van der Waals surface area (Å²) in [6.07, 6.45) is 1.65. The van der Waals surface area contributed by atoms with Crippen molar-refractivity contribution in [3.63, 3.8) is 0 Å². The molecule has 27 heavy (non-hydrogen) atoms. The maximum absolute atomic E-state index is 12.6. The summed E-state index contributed by atoms with van der Waals surface area (Å²) in [5.74, 6) is -0.114. The second kappa shape index (κ2) is 7.33. The summed E-state index contributed by atoms with van der Waals surface area (Å²) >= 11 is 1.66. The molecule has 2 aromatic carbocycles. The number of fused-ring (bicyclic) bond motifs is 1. The summed E-state index contributed by atoms with van der Waals surface area (Å²) in [7, 11) is 0. The van der Waals surface area contributed by atoms with Crippen LogP contribution in [0.25, 0.3) is 21.3 Å². The number of hydrogen-bond acceptors (Lipinski definition) is 3. The molecule has 2 aromatic heterocycles. The van der Waals surface area contributed by atoms with Crippen LogP contribution in [-0.4, -0.2) is 10.9 Å². The third-order valence-electron chi connectivity index (χ3n) is 4.63. The van der Waals surface area contributed by atoms with Crippen molar-refractivity contribution in [2.75, 3.05) is 0 Å². The first-order valence-electron chi connectivity index (χ1n) is 8.91. The molecule has 0 aliphatic heterocycles. The van der Waals surface area contributed by atoms with E-state index in [9.17, 15) is 4.79 Å². The Kier molecular flexibility index (Phi) is 4.73. The second-order valence-electron chi connectivity index (χ2n) is 6.72. The van der Waals surface area contributed by atoms with Gasteiger partial charge in [0.1, 0.15) is 0 Å². The van der Waals surface area contributed by atoms with Gasteiger partial charge in [0.15, 0.2) is 0 Å². The Morgan fingerprint density at radius 3 is 2.56 bits per heavy atom. The first-order chi connectivity index (χ1) is 13.1. The molecule has 0 radical (unpaired) electrons. The smallest absolute Gasteiger partial charge is 0.253 e. The van der Waals surface area contributed by atoms with Crippen molar-refractivity contribution in [3.05, 3.63) is 88.9 Å². The Morgan fingerprint density at radius 2 is 1.85 bits per heavy atom. The number of pyridine rings is 1. The molecule has 1 atom stereocenters. The fourth-order valence-electron chi connectivity index (χ4n) is 3.08. The largest absolute Gasteiger partial charge is 0.345 e. The maximum atomic E-state index is 12.6. The van der Waals surface area contributed by atoms with Gasteiger partial charge in [-0.25, -0.2) is 0 Å². The van der Waals surface area contributed by atoms with Crippen molar-refractivity contribution < 1.29 is 4.79 Å². The van der Waals surface area contributed by atoms with Crippen LogP contribution in [0.2, 0.25) is 0 Å². The van der Waals surface area contributed by atoms with Gasteiger partial charge >= 0.3 is 0 Å². The van der Waals surface area contributed by atoms with E-state index in [1.165, 1.54) is 16.3 Å². The zero-order valence-electron chi connectivity index (χ0n) is 15.3. The van der Waals surface area contributed by atoms with Gasteiger partial charge in [0, 0.05) is 6.20 Å². The fraction of sp³-hybridized carbons (Fsp3) is 0.130. The van der Waals surface area contributed by atoms with E-state index in [-0.39, 0.29) is 11.9 Å². The highest BCUT2D eigenvalue weighted by Gasteiger charge is 2.13. The molecule has 3 nitrogen and oxygen atoms in total. The van der Waals surface area contributed by atoms with Gasteiger partial charge in [0.2, 0.25) is 0 Å². The molecule has 4 heteroatoms. The Hall–Kier alpha value is -2.98. The topological polar surface area (TPSA) is 42.0 Å². The number of nitrogens with one attached hydrogen (secondary N) is 1. The summed E-state index contributed by atoms with van der Waals surface area (Å²) in [5.41, 5.74) is 3.77. The van der Waals surface area contributed by atoms with E-state index in [1.807, 2.05) is 31.2 Å². The number of aromatic nitrogens is 1. The molecule has 0 spiro atoms. The summed E-state index contributed by atoms with van der Waals surface area (Å²) in [6.45, 7) is 4.06. The first-order valence-corrected chi connectivity index (χ1v) is 9.79. The zero-order chi connectivity index (χ0) is 18.8. The lowest BCUT2D eigenvalue weighted by molar-refractivity contribution is 0.0939. The number of thiophene rings is 1. The summed E-state index contributed by atoms with van der Waals surface area (Å²) in [5, 5.41) is 7.54. The van der Waals surface area contributed by atoms with Crippen molar-refractivity contribution in [3.8, 4) is 10.6 Å². The Bertz CT molecular complexity index is 1100. The van der Waals surface area contributed by atoms with Crippen molar-refractivity contribution in [1.82, 2.24) is 10.3 Å². The van der Waals surface area contributed by atoms with Crippen LogP contribution in [0.4, 0.5) is 0 Å². The normalized spacial score (nSPS) is 12.1. The van der Waals surface area contributed by atoms with Gasteiger partial charge in [-0.1, -0.05) is 36.4 Å². The average molecular weight is 372 g/mol. The van der Waals surface area contributed by atoms with Crippen molar-refractivity contribution in [2.24, 2.45) is 0 Å². The highest BCUT2D eigenvalue weighted by Crippen LogP contribution is 2.25. The predicted molar refractivity (Wildman–Crippen MR) is 112 cm³/mol. The van der Waals surface area contributed by atoms with Crippen LogP contribution in [0.3, 0.4) is 0 Å². The molecular formula is C23H20N2OS. The van der Waals surface area contributed by atoms with E-state index in [0.717, 1.165) is 16.1 Å². The molecule has 4 aromatic rings. The molecule has 0 aliphatic rings. The number of hydrogen-bond donors (Lipinski definition) is 1. The van der Waals surface area contributed by atoms with Crippen LogP contribution in [0.1, 0.15) is 34.5 Å². The first kappa shape index (κ1) is 17.4. The molecule has 0 saturated carbocycles. The number of amides is 1. The van der Waals surface area contributed by atoms with Crippen LogP contribution in [-0.2, 0) is 0 Å². The quantitative estimate of drug-likeness (QED) is 0.495. The van der Waals surface area contributed by atoms with Gasteiger partial charge in [0.05, 0.1) is 22.2 Å². The molecule has 134 valence electrons. The third kappa shape index (κ3) is 3.76. The van der Waals surface area contributed by atoms with E-state index in [0.29, 0.717) is 5.56 Å². The molecule has 2 heterocycles. The minimum absolute atomic E-state index is 0.0817. The maximum Gasteiger partial charge on any atom is 0.253 e. The molecular weight excluding hydrogens is 352 g/mol. The van der Waals surface area contributed by atoms with Crippen molar-refractivity contribution >= 4 is 28.0 Å². The molecule has 0 bridgehead atoms. The summed E-state index contributed by atoms with van der Waals surface area (Å²) < 4.78 is 0. The number of benzene rings is 2. The Labute approximate surface area is 162 Å². The molecule has 4 rings (SSSR count). The lowest BCUT2D eigenvalue weighted by atomic mass is 10.0. The third-order valence-corrected chi connectivity index (χ3v) is 5.70. The van der Waals surface area contributed by atoms with E-state index in [4.69, 9.17) is 0 Å². The van der Waals surface area contributed by atoms with Crippen molar-refractivity contribution in [2.45, 2.75) is 19.9 Å². The standard InChI is InChI=1S/C23H20N2OS/c1-15-11-22(27-14-15)21-10-9-20(13-24-21)23(26)25-16(2)18-8-7-17-5-3-4-6-19(17)12-18/h3-14,16H,1-2H3,(H,25,26)/t16-/m1/s1.